The van der Waals surface area contributed by atoms with Crippen LogP contribution >= 0.6 is 0 Å². The van der Waals surface area contributed by atoms with E-state index in [1.807, 2.05) is 39.8 Å². The molecule has 0 unspecified atom stereocenters. The minimum Gasteiger partial charge on any atom is -0.490 e. The molecule has 0 aliphatic heterocycles. The van der Waals surface area contributed by atoms with E-state index in [1.54, 1.807) is 18.2 Å². The number of amides is 1. The molecule has 6 heteroatoms. The molecule has 27 heavy (non-hydrogen) atoms. The first-order chi connectivity index (χ1) is 13.0. The van der Waals surface area contributed by atoms with Gasteiger partial charge in [0.05, 0.1) is 19.8 Å². The number of nitrogens with two attached hydrogens (primary N) is 1. The van der Waals surface area contributed by atoms with E-state index in [2.05, 4.69) is 5.32 Å². The normalized spacial score (nSPS) is 10.4. The molecular formula is C21H28N2O4. The summed E-state index contributed by atoms with van der Waals surface area (Å²) < 4.78 is 17.0. The quantitative estimate of drug-likeness (QED) is 0.642. The predicted molar refractivity (Wildman–Crippen MR) is 108 cm³/mol. The summed E-state index contributed by atoms with van der Waals surface area (Å²) in [6, 6.07) is 8.85. The van der Waals surface area contributed by atoms with Crippen molar-refractivity contribution in [3.05, 3.63) is 41.5 Å². The number of rotatable bonds is 9. The molecule has 0 saturated heterocycles. The molecule has 2 aromatic carbocycles. The van der Waals surface area contributed by atoms with E-state index in [-0.39, 0.29) is 5.91 Å². The van der Waals surface area contributed by atoms with E-state index in [4.69, 9.17) is 19.9 Å². The monoisotopic (exact) mass is 372 g/mol. The highest BCUT2D eigenvalue weighted by atomic mass is 16.5. The Morgan fingerprint density at radius 1 is 0.926 bits per heavy atom. The third-order valence-electron chi connectivity index (χ3n) is 3.96. The second-order valence-electron chi connectivity index (χ2n) is 5.82. The lowest BCUT2D eigenvalue weighted by Gasteiger charge is -2.17. The summed E-state index contributed by atoms with van der Waals surface area (Å²) in [5.74, 6) is 1.20. The third kappa shape index (κ3) is 5.06. The second-order valence-corrected chi connectivity index (χ2v) is 5.82. The number of hydrogen-bond donors (Lipinski definition) is 2. The number of nitrogens with one attached hydrogen (secondary N) is 1. The molecule has 0 atom stereocenters. The SMILES string of the molecule is CCOc1cc(C(=O)Nc2ccc(CC)c(N)c2)cc(OCC)c1OCC. The predicted octanol–water partition coefficient (Wildman–Crippen LogP) is 4.28. The molecule has 0 heterocycles. The molecule has 146 valence electrons. The van der Waals surface area contributed by atoms with Crippen molar-refractivity contribution >= 4 is 17.3 Å². The van der Waals surface area contributed by atoms with Crippen LogP contribution in [0.15, 0.2) is 30.3 Å². The van der Waals surface area contributed by atoms with Crippen molar-refractivity contribution < 1.29 is 19.0 Å². The van der Waals surface area contributed by atoms with Crippen molar-refractivity contribution in [2.75, 3.05) is 30.9 Å². The lowest BCUT2D eigenvalue weighted by Crippen LogP contribution is -2.13. The number of benzene rings is 2. The van der Waals surface area contributed by atoms with Gasteiger partial charge in [0.15, 0.2) is 11.5 Å². The van der Waals surface area contributed by atoms with Crippen molar-refractivity contribution in [3.63, 3.8) is 0 Å². The van der Waals surface area contributed by atoms with E-state index in [9.17, 15) is 4.79 Å². The first-order valence-corrected chi connectivity index (χ1v) is 9.30. The number of carbonyl (C=O) groups is 1. The van der Waals surface area contributed by atoms with Gasteiger partial charge in [-0.2, -0.15) is 0 Å². The Morgan fingerprint density at radius 2 is 1.52 bits per heavy atom. The number of carbonyl (C=O) groups excluding carboxylic acids is 1. The van der Waals surface area contributed by atoms with Gasteiger partial charge in [0.25, 0.3) is 5.91 Å². The summed E-state index contributed by atoms with van der Waals surface area (Å²) in [6.45, 7) is 9.04. The molecule has 0 radical (unpaired) electrons. The fourth-order valence-corrected chi connectivity index (χ4v) is 2.72. The second kappa shape index (κ2) is 9.71. The third-order valence-corrected chi connectivity index (χ3v) is 3.96. The highest BCUT2D eigenvalue weighted by molar-refractivity contribution is 6.05. The van der Waals surface area contributed by atoms with Gasteiger partial charge in [-0.3, -0.25) is 4.79 Å². The van der Waals surface area contributed by atoms with Crippen molar-refractivity contribution in [1.29, 1.82) is 0 Å². The Bertz CT molecular complexity index is 763. The summed E-state index contributed by atoms with van der Waals surface area (Å²) in [5, 5.41) is 2.87. The number of nitrogen functional groups attached to an aromatic ring is 1. The number of ether oxygens (including phenoxy) is 3. The zero-order valence-corrected chi connectivity index (χ0v) is 16.4. The Kier molecular flexibility index (Phi) is 7.34. The fraction of sp³-hybridized carbons (Fsp3) is 0.381. The van der Waals surface area contributed by atoms with Gasteiger partial charge in [-0.15, -0.1) is 0 Å². The number of anilines is 2. The Labute approximate surface area is 160 Å². The van der Waals surface area contributed by atoms with Crippen LogP contribution in [0.3, 0.4) is 0 Å². The largest absolute Gasteiger partial charge is 0.490 e. The van der Waals surface area contributed by atoms with Crippen LogP contribution in [-0.4, -0.2) is 25.7 Å². The summed E-state index contributed by atoms with van der Waals surface area (Å²) in [5.41, 5.74) is 8.78. The maximum atomic E-state index is 12.8. The summed E-state index contributed by atoms with van der Waals surface area (Å²) >= 11 is 0. The first-order valence-electron chi connectivity index (χ1n) is 9.30. The van der Waals surface area contributed by atoms with Crippen molar-refractivity contribution in [2.45, 2.75) is 34.1 Å². The molecule has 0 bridgehead atoms. The highest BCUT2D eigenvalue weighted by Gasteiger charge is 2.18. The molecule has 2 rings (SSSR count). The fourth-order valence-electron chi connectivity index (χ4n) is 2.72. The molecule has 3 N–H and O–H groups in total. The molecule has 6 nitrogen and oxygen atoms in total. The van der Waals surface area contributed by atoms with Gasteiger partial charge in [0, 0.05) is 16.9 Å². The van der Waals surface area contributed by atoms with Crippen LogP contribution in [-0.2, 0) is 6.42 Å². The zero-order valence-electron chi connectivity index (χ0n) is 16.4. The number of hydrogen-bond acceptors (Lipinski definition) is 5. The topological polar surface area (TPSA) is 82.8 Å². The molecular weight excluding hydrogens is 344 g/mol. The van der Waals surface area contributed by atoms with Crippen LogP contribution in [0.4, 0.5) is 11.4 Å². The van der Waals surface area contributed by atoms with E-state index in [1.165, 1.54) is 0 Å². The molecule has 1 amide bonds. The molecule has 2 aromatic rings. The standard InChI is InChI=1S/C21H28N2O4/c1-5-14-9-10-16(13-17(14)22)23-21(24)15-11-18(25-6-2)20(27-8-4)19(12-15)26-7-3/h9-13H,5-8,22H2,1-4H3,(H,23,24). The minimum atomic E-state index is -0.274. The van der Waals surface area contributed by atoms with Crippen molar-refractivity contribution in [2.24, 2.45) is 0 Å². The lowest BCUT2D eigenvalue weighted by molar-refractivity contribution is 0.102. The van der Waals surface area contributed by atoms with E-state index < -0.39 is 0 Å². The maximum absolute atomic E-state index is 12.8. The molecule has 0 saturated carbocycles. The van der Waals surface area contributed by atoms with Crippen LogP contribution < -0.4 is 25.3 Å². The van der Waals surface area contributed by atoms with Crippen LogP contribution in [0.2, 0.25) is 0 Å². The van der Waals surface area contributed by atoms with Gasteiger partial charge in [-0.1, -0.05) is 13.0 Å². The van der Waals surface area contributed by atoms with Crippen LogP contribution in [0.25, 0.3) is 0 Å². The molecule has 0 aliphatic rings. The van der Waals surface area contributed by atoms with Gasteiger partial charge in [-0.05, 0) is 57.0 Å². The van der Waals surface area contributed by atoms with Crippen LogP contribution in [0.1, 0.15) is 43.6 Å². The summed E-state index contributed by atoms with van der Waals surface area (Å²) in [6.07, 6.45) is 0.842. The molecule has 0 aromatic heterocycles. The van der Waals surface area contributed by atoms with Crippen molar-refractivity contribution in [1.82, 2.24) is 0 Å². The van der Waals surface area contributed by atoms with Gasteiger partial charge >= 0.3 is 0 Å². The average molecular weight is 372 g/mol. The average Bonchev–Trinajstić information content (AvgIpc) is 2.64. The number of aryl methyl sites for hydroxylation is 1. The van der Waals surface area contributed by atoms with E-state index in [0.717, 1.165) is 12.0 Å². The Morgan fingerprint density at radius 3 is 2.00 bits per heavy atom. The van der Waals surface area contributed by atoms with Crippen LogP contribution in [0.5, 0.6) is 17.2 Å². The smallest absolute Gasteiger partial charge is 0.255 e. The lowest BCUT2D eigenvalue weighted by atomic mass is 10.1. The summed E-state index contributed by atoms with van der Waals surface area (Å²) in [4.78, 5) is 12.8. The molecule has 0 fully saturated rings. The van der Waals surface area contributed by atoms with Gasteiger partial charge in [0.2, 0.25) is 5.75 Å². The molecule has 0 aliphatic carbocycles. The minimum absolute atomic E-state index is 0.274. The first kappa shape index (κ1) is 20.4. The summed E-state index contributed by atoms with van der Waals surface area (Å²) in [7, 11) is 0. The zero-order chi connectivity index (χ0) is 19.8. The van der Waals surface area contributed by atoms with E-state index >= 15 is 0 Å². The Balaban J connectivity index is 2.35. The Hall–Kier alpha value is -2.89. The maximum Gasteiger partial charge on any atom is 0.255 e. The van der Waals surface area contributed by atoms with E-state index in [0.29, 0.717) is 54.0 Å². The van der Waals surface area contributed by atoms with Gasteiger partial charge in [0.1, 0.15) is 0 Å². The van der Waals surface area contributed by atoms with Gasteiger partial charge in [-0.25, -0.2) is 0 Å². The van der Waals surface area contributed by atoms with Gasteiger partial charge < -0.3 is 25.3 Å². The highest BCUT2D eigenvalue weighted by Crippen LogP contribution is 2.39. The van der Waals surface area contributed by atoms with Crippen molar-refractivity contribution in [3.8, 4) is 17.2 Å². The molecule has 0 spiro atoms. The van der Waals surface area contributed by atoms with Crippen LogP contribution in [0, 0.1) is 0 Å².